The Labute approximate surface area is 167 Å². The third-order valence-corrected chi connectivity index (χ3v) is 6.08. The van der Waals surface area contributed by atoms with Crippen molar-refractivity contribution in [2.75, 3.05) is 12.0 Å². The normalized spacial score (nSPS) is 26.9. The predicted molar refractivity (Wildman–Crippen MR) is 106 cm³/mol. The van der Waals surface area contributed by atoms with Gasteiger partial charge in [0.25, 0.3) is 0 Å². The van der Waals surface area contributed by atoms with E-state index in [0.29, 0.717) is 11.4 Å². The molecule has 0 aromatic heterocycles. The molecule has 3 aliphatic heterocycles. The maximum absolute atomic E-state index is 13.5. The Morgan fingerprint density at radius 3 is 2.38 bits per heavy atom. The van der Waals surface area contributed by atoms with E-state index < -0.39 is 35.7 Å². The number of hydrogen-bond acceptors (Lipinski definition) is 5. The van der Waals surface area contributed by atoms with Gasteiger partial charge in [-0.15, -0.1) is 0 Å². The molecule has 0 unspecified atom stereocenters. The molecule has 7 heteroatoms. The first-order chi connectivity index (χ1) is 14.0. The highest BCUT2D eigenvalue weighted by Gasteiger charge is 2.64. The van der Waals surface area contributed by atoms with Crippen LogP contribution in [0.15, 0.2) is 54.7 Å². The first-order valence-electron chi connectivity index (χ1n) is 9.38. The van der Waals surface area contributed by atoms with Crippen molar-refractivity contribution < 1.29 is 19.1 Å². The number of rotatable bonds is 3. The number of nitrogens with two attached hydrogens (primary N) is 1. The monoisotopic (exact) mass is 389 g/mol. The van der Waals surface area contributed by atoms with E-state index >= 15 is 0 Å². The quantitative estimate of drug-likeness (QED) is 0.807. The van der Waals surface area contributed by atoms with Crippen LogP contribution in [0.4, 0.5) is 5.69 Å². The molecule has 0 spiro atoms. The van der Waals surface area contributed by atoms with Crippen LogP contribution in [0.1, 0.15) is 17.2 Å². The van der Waals surface area contributed by atoms with Crippen LogP contribution in [0.5, 0.6) is 5.75 Å². The predicted octanol–water partition coefficient (Wildman–Crippen LogP) is 1.70. The second kappa shape index (κ2) is 6.20. The number of methoxy groups -OCH3 is 1. The Morgan fingerprint density at radius 1 is 1.00 bits per heavy atom. The maximum Gasteiger partial charge on any atom is 0.240 e. The first-order valence-corrected chi connectivity index (χ1v) is 9.38. The highest BCUT2D eigenvalue weighted by Crippen LogP contribution is 2.53. The minimum atomic E-state index is -0.866. The Kier molecular flexibility index (Phi) is 3.74. The van der Waals surface area contributed by atoms with Gasteiger partial charge in [0, 0.05) is 6.20 Å². The van der Waals surface area contributed by atoms with Crippen molar-refractivity contribution in [2.45, 2.75) is 12.1 Å². The van der Waals surface area contributed by atoms with Gasteiger partial charge >= 0.3 is 0 Å². The number of primary amides is 1. The summed E-state index contributed by atoms with van der Waals surface area (Å²) in [6.07, 6.45) is 3.66. The third kappa shape index (κ3) is 2.33. The summed E-state index contributed by atoms with van der Waals surface area (Å²) in [7, 11) is 1.55. The number of hydrogen-bond donors (Lipinski definition) is 1. The molecule has 2 aromatic rings. The van der Waals surface area contributed by atoms with Crippen LogP contribution in [0, 0.1) is 11.8 Å². The molecule has 146 valence electrons. The number of benzene rings is 2. The zero-order chi connectivity index (χ0) is 20.3. The molecule has 2 aromatic carbocycles. The molecule has 2 saturated heterocycles. The summed E-state index contributed by atoms with van der Waals surface area (Å²) < 4.78 is 5.15. The molecule has 0 bridgehead atoms. The summed E-state index contributed by atoms with van der Waals surface area (Å²) in [6, 6.07) is 13.2. The van der Waals surface area contributed by atoms with Crippen LogP contribution in [0.2, 0.25) is 0 Å². The minimum Gasteiger partial charge on any atom is -0.497 e. The van der Waals surface area contributed by atoms with Crippen molar-refractivity contribution in [3.05, 3.63) is 65.9 Å². The summed E-state index contributed by atoms with van der Waals surface area (Å²) in [5.74, 6) is -2.18. The summed E-state index contributed by atoms with van der Waals surface area (Å²) in [4.78, 5) is 42.1. The SMILES string of the molecule is COc1ccc(N2C(=O)[C@@H]3[C@H](C2=O)[C@H]2c4ccccc4C=CN2[C@H]3C(N)=O)cc1. The molecule has 0 radical (unpaired) electrons. The van der Waals surface area contributed by atoms with Crippen molar-refractivity contribution in [3.8, 4) is 5.75 Å². The molecule has 0 saturated carbocycles. The number of carbonyl (C=O) groups is 3. The molecular formula is C22H19N3O4. The van der Waals surface area contributed by atoms with Crippen molar-refractivity contribution in [1.82, 2.24) is 4.90 Å². The van der Waals surface area contributed by atoms with E-state index in [9.17, 15) is 14.4 Å². The van der Waals surface area contributed by atoms with E-state index in [2.05, 4.69) is 0 Å². The van der Waals surface area contributed by atoms with Gasteiger partial charge in [-0.2, -0.15) is 0 Å². The topological polar surface area (TPSA) is 92.9 Å². The van der Waals surface area contributed by atoms with Crippen molar-refractivity contribution in [1.29, 1.82) is 0 Å². The van der Waals surface area contributed by atoms with Gasteiger partial charge < -0.3 is 15.4 Å². The second-order valence-electron chi connectivity index (χ2n) is 7.45. The Balaban J connectivity index is 1.62. The highest BCUT2D eigenvalue weighted by molar-refractivity contribution is 6.24. The number of imide groups is 1. The average molecular weight is 389 g/mol. The van der Waals surface area contributed by atoms with Crippen molar-refractivity contribution >= 4 is 29.5 Å². The Bertz CT molecular complexity index is 1060. The van der Waals surface area contributed by atoms with Crippen LogP contribution in [-0.4, -0.2) is 35.8 Å². The van der Waals surface area contributed by atoms with E-state index in [-0.39, 0.29) is 5.91 Å². The number of fused-ring (bicyclic) bond motifs is 5. The number of ether oxygens (including phenoxy) is 1. The van der Waals surface area contributed by atoms with Gasteiger partial charge in [-0.1, -0.05) is 24.3 Å². The number of anilines is 1. The smallest absolute Gasteiger partial charge is 0.240 e. The zero-order valence-electron chi connectivity index (χ0n) is 15.7. The lowest BCUT2D eigenvalue weighted by Crippen LogP contribution is -2.46. The van der Waals surface area contributed by atoms with Crippen LogP contribution in [0.3, 0.4) is 0 Å². The van der Waals surface area contributed by atoms with Gasteiger partial charge in [0.2, 0.25) is 17.7 Å². The fraction of sp³-hybridized carbons (Fsp3) is 0.227. The molecule has 2 N–H and O–H groups in total. The number of nitrogens with zero attached hydrogens (tertiary/aromatic N) is 2. The minimum absolute atomic E-state index is 0.311. The Hall–Kier alpha value is -3.61. The fourth-order valence-corrected chi connectivity index (χ4v) is 4.87. The molecular weight excluding hydrogens is 370 g/mol. The fourth-order valence-electron chi connectivity index (χ4n) is 4.87. The molecule has 29 heavy (non-hydrogen) atoms. The summed E-state index contributed by atoms with van der Waals surface area (Å²) in [5.41, 5.74) is 8.06. The van der Waals surface area contributed by atoms with Gasteiger partial charge in [-0.05, 0) is 41.5 Å². The van der Waals surface area contributed by atoms with E-state index in [1.807, 2.05) is 30.3 Å². The summed E-state index contributed by atoms with van der Waals surface area (Å²) in [6.45, 7) is 0. The number of carbonyl (C=O) groups excluding carboxylic acids is 3. The third-order valence-electron chi connectivity index (χ3n) is 6.08. The highest BCUT2D eigenvalue weighted by atomic mass is 16.5. The molecule has 2 fully saturated rings. The van der Waals surface area contributed by atoms with Gasteiger partial charge in [0.05, 0.1) is 30.7 Å². The summed E-state index contributed by atoms with van der Waals surface area (Å²) in [5, 5.41) is 0. The van der Waals surface area contributed by atoms with Gasteiger partial charge in [0.1, 0.15) is 11.8 Å². The molecule has 5 rings (SSSR count). The molecule has 3 amide bonds. The van der Waals surface area contributed by atoms with Crippen LogP contribution in [-0.2, 0) is 14.4 Å². The molecule has 0 aliphatic carbocycles. The van der Waals surface area contributed by atoms with E-state index in [4.69, 9.17) is 10.5 Å². The molecule has 3 heterocycles. The van der Waals surface area contributed by atoms with Crippen LogP contribution >= 0.6 is 0 Å². The van der Waals surface area contributed by atoms with Crippen molar-refractivity contribution in [2.24, 2.45) is 17.6 Å². The van der Waals surface area contributed by atoms with Gasteiger partial charge in [-0.25, -0.2) is 4.90 Å². The van der Waals surface area contributed by atoms with Gasteiger partial charge in [0.15, 0.2) is 0 Å². The maximum atomic E-state index is 13.5. The van der Waals surface area contributed by atoms with Crippen LogP contribution in [0.25, 0.3) is 6.08 Å². The van der Waals surface area contributed by atoms with E-state index in [1.165, 1.54) is 4.90 Å². The lowest BCUT2D eigenvalue weighted by atomic mass is 9.84. The molecule has 4 atom stereocenters. The second-order valence-corrected chi connectivity index (χ2v) is 7.45. The lowest BCUT2D eigenvalue weighted by Gasteiger charge is -2.34. The van der Waals surface area contributed by atoms with Crippen LogP contribution < -0.4 is 15.4 Å². The molecule has 3 aliphatic rings. The number of amides is 3. The standard InChI is InChI=1S/C22H19N3O4/c1-29-14-8-6-13(7-9-14)25-21(27)16-17(22(25)28)19(20(23)26)24-11-10-12-4-2-3-5-15(12)18(16)24/h2-11,16-19H,1H3,(H2,23,26)/t16-,17+,18+,19+/m0/s1. The largest absolute Gasteiger partial charge is 0.497 e. The van der Waals surface area contributed by atoms with E-state index in [1.54, 1.807) is 42.5 Å². The first kappa shape index (κ1) is 17.5. The van der Waals surface area contributed by atoms with E-state index in [0.717, 1.165) is 11.1 Å². The Morgan fingerprint density at radius 2 is 1.69 bits per heavy atom. The lowest BCUT2D eigenvalue weighted by molar-refractivity contribution is -0.129. The average Bonchev–Trinajstić information content (AvgIpc) is 3.21. The zero-order valence-corrected chi connectivity index (χ0v) is 15.7. The molecule has 7 nitrogen and oxygen atoms in total. The summed E-state index contributed by atoms with van der Waals surface area (Å²) >= 11 is 0. The van der Waals surface area contributed by atoms with Crippen molar-refractivity contribution in [3.63, 3.8) is 0 Å². The van der Waals surface area contributed by atoms with Gasteiger partial charge in [-0.3, -0.25) is 14.4 Å².